The minimum atomic E-state index is -0.342. The van der Waals surface area contributed by atoms with Crippen LogP contribution in [0.15, 0.2) is 64.0 Å². The van der Waals surface area contributed by atoms with Crippen molar-refractivity contribution in [2.45, 2.75) is 19.9 Å². The third kappa shape index (κ3) is 3.88. The Morgan fingerprint density at radius 3 is 2.65 bits per heavy atom. The lowest BCUT2D eigenvalue weighted by Crippen LogP contribution is -2.31. The van der Waals surface area contributed by atoms with Crippen LogP contribution in [0, 0.1) is 6.92 Å². The molecule has 6 nitrogen and oxygen atoms in total. The molecule has 7 heteroatoms. The number of benzene rings is 2. The van der Waals surface area contributed by atoms with Gasteiger partial charge in [0.15, 0.2) is 0 Å². The van der Waals surface area contributed by atoms with E-state index in [9.17, 15) is 9.59 Å². The van der Waals surface area contributed by atoms with Crippen molar-refractivity contribution in [1.82, 2.24) is 14.9 Å². The number of H-pyrrole nitrogens is 1. The van der Waals surface area contributed by atoms with E-state index in [4.69, 9.17) is 0 Å². The lowest BCUT2D eigenvalue weighted by molar-refractivity contribution is 0.249. The molecule has 0 bridgehead atoms. The number of aryl methyl sites for hydroxylation is 1. The Labute approximate surface area is 159 Å². The molecular weight excluding hydrogens is 396 g/mol. The molecule has 0 aliphatic rings. The summed E-state index contributed by atoms with van der Waals surface area (Å²) < 4.78 is 2.48. The van der Waals surface area contributed by atoms with Crippen molar-refractivity contribution in [2.24, 2.45) is 0 Å². The van der Waals surface area contributed by atoms with Crippen molar-refractivity contribution in [3.8, 4) is 5.69 Å². The Morgan fingerprint density at radius 1 is 1.19 bits per heavy atom. The van der Waals surface area contributed by atoms with Gasteiger partial charge in [-0.2, -0.15) is 0 Å². The van der Waals surface area contributed by atoms with Crippen molar-refractivity contribution < 1.29 is 4.79 Å². The molecule has 0 saturated carbocycles. The van der Waals surface area contributed by atoms with E-state index < -0.39 is 0 Å². The zero-order chi connectivity index (χ0) is 18.7. The molecule has 0 aliphatic carbocycles. The molecule has 0 radical (unpaired) electrons. The summed E-state index contributed by atoms with van der Waals surface area (Å²) >= 11 is 3.43. The van der Waals surface area contributed by atoms with Crippen molar-refractivity contribution in [3.63, 3.8) is 0 Å². The average molecular weight is 415 g/mol. The van der Waals surface area contributed by atoms with E-state index in [1.165, 1.54) is 4.57 Å². The predicted molar refractivity (Wildman–Crippen MR) is 106 cm³/mol. The number of imidazole rings is 1. The fourth-order valence-electron chi connectivity index (χ4n) is 2.74. The van der Waals surface area contributed by atoms with Crippen molar-refractivity contribution >= 4 is 27.6 Å². The largest absolute Gasteiger partial charge is 0.331 e. The summed E-state index contributed by atoms with van der Waals surface area (Å²) in [5.41, 5.74) is 2.66. The number of para-hydroxylation sites is 2. The Morgan fingerprint density at radius 2 is 1.96 bits per heavy atom. The van der Waals surface area contributed by atoms with Crippen molar-refractivity contribution in [3.05, 3.63) is 80.9 Å². The molecule has 0 aliphatic heterocycles. The summed E-state index contributed by atoms with van der Waals surface area (Å²) in [5, 5.41) is 5.74. The van der Waals surface area contributed by atoms with Gasteiger partial charge in [0.05, 0.1) is 17.4 Å². The summed E-state index contributed by atoms with van der Waals surface area (Å²) in [4.78, 5) is 27.1. The maximum absolute atomic E-state index is 12.4. The van der Waals surface area contributed by atoms with Gasteiger partial charge < -0.3 is 15.6 Å². The quantitative estimate of drug-likeness (QED) is 0.600. The van der Waals surface area contributed by atoms with E-state index in [0.717, 1.165) is 15.7 Å². The molecule has 0 saturated heterocycles. The number of nitrogens with one attached hydrogen (secondary N) is 3. The smallest absolute Gasteiger partial charge is 0.330 e. The highest BCUT2D eigenvalue weighted by Crippen LogP contribution is 2.21. The summed E-state index contributed by atoms with van der Waals surface area (Å²) in [6.45, 7) is 3.73. The SMILES string of the molecule is Cc1c[nH]c(=O)n1-c1ccccc1NC(=O)NC(C)c1cccc(Br)c1. The van der Waals surface area contributed by atoms with Crippen LogP contribution in [0.3, 0.4) is 0 Å². The number of aromatic nitrogens is 2. The fraction of sp³-hybridized carbons (Fsp3) is 0.158. The number of anilines is 1. The Balaban J connectivity index is 1.79. The molecule has 0 fully saturated rings. The molecule has 2 aromatic carbocycles. The number of aromatic amines is 1. The molecule has 1 aromatic heterocycles. The van der Waals surface area contributed by atoms with Gasteiger partial charge >= 0.3 is 11.7 Å². The minimum Gasteiger partial charge on any atom is -0.331 e. The van der Waals surface area contributed by atoms with Gasteiger partial charge in [0, 0.05) is 16.4 Å². The van der Waals surface area contributed by atoms with Gasteiger partial charge in [-0.15, -0.1) is 0 Å². The minimum absolute atomic E-state index is 0.170. The van der Waals surface area contributed by atoms with Crippen LogP contribution in [0.25, 0.3) is 5.69 Å². The first kappa shape index (κ1) is 18.0. The zero-order valence-electron chi connectivity index (χ0n) is 14.4. The maximum Gasteiger partial charge on any atom is 0.330 e. The second-order valence-corrected chi connectivity index (χ2v) is 6.88. The third-order valence-corrected chi connectivity index (χ3v) is 4.54. The summed E-state index contributed by atoms with van der Waals surface area (Å²) in [5.74, 6) is 0. The molecular formula is C19H19BrN4O2. The summed E-state index contributed by atoms with van der Waals surface area (Å²) in [6.07, 6.45) is 1.63. The van der Waals surface area contributed by atoms with Crippen molar-refractivity contribution in [2.75, 3.05) is 5.32 Å². The molecule has 3 aromatic rings. The highest BCUT2D eigenvalue weighted by molar-refractivity contribution is 9.10. The molecule has 1 unspecified atom stereocenters. The van der Waals surface area contributed by atoms with E-state index in [1.54, 1.807) is 18.3 Å². The van der Waals surface area contributed by atoms with Gasteiger partial charge in [0.1, 0.15) is 0 Å². The van der Waals surface area contributed by atoms with Crippen molar-refractivity contribution in [1.29, 1.82) is 0 Å². The summed E-state index contributed by atoms with van der Waals surface area (Å²) in [6, 6.07) is 14.4. The standard InChI is InChI=1S/C19H19BrN4O2/c1-12-11-21-19(26)24(12)17-9-4-3-8-16(17)23-18(25)22-13(2)14-6-5-7-15(20)10-14/h3-11,13H,1-2H3,(H,21,26)(H2,22,23,25). The number of nitrogens with zero attached hydrogens (tertiary/aromatic N) is 1. The first-order chi connectivity index (χ1) is 12.5. The van der Waals surface area contributed by atoms with Gasteiger partial charge in [-0.05, 0) is 43.7 Å². The van der Waals surface area contributed by atoms with Crippen LogP contribution in [-0.2, 0) is 0 Å². The number of halogens is 1. The monoisotopic (exact) mass is 414 g/mol. The van der Waals surface area contributed by atoms with E-state index in [-0.39, 0.29) is 17.8 Å². The van der Waals surface area contributed by atoms with Crippen LogP contribution in [0.2, 0.25) is 0 Å². The number of carbonyl (C=O) groups is 1. The number of hydrogen-bond donors (Lipinski definition) is 3. The number of urea groups is 1. The van der Waals surface area contributed by atoms with Gasteiger partial charge in [-0.25, -0.2) is 9.59 Å². The average Bonchev–Trinajstić information content (AvgIpc) is 2.94. The molecule has 26 heavy (non-hydrogen) atoms. The molecule has 2 amide bonds. The number of rotatable bonds is 4. The first-order valence-electron chi connectivity index (χ1n) is 8.15. The Kier molecular flexibility index (Phi) is 5.27. The van der Waals surface area contributed by atoms with Gasteiger partial charge in [0.2, 0.25) is 0 Å². The molecule has 1 heterocycles. The van der Waals surface area contributed by atoms with Crippen LogP contribution in [-0.4, -0.2) is 15.6 Å². The first-order valence-corrected chi connectivity index (χ1v) is 8.94. The lowest BCUT2D eigenvalue weighted by atomic mass is 10.1. The Bertz CT molecular complexity index is 993. The third-order valence-electron chi connectivity index (χ3n) is 4.05. The molecule has 0 spiro atoms. The van der Waals surface area contributed by atoms with E-state index in [1.807, 2.05) is 50.2 Å². The van der Waals surface area contributed by atoms with Gasteiger partial charge in [-0.1, -0.05) is 40.2 Å². The topological polar surface area (TPSA) is 78.9 Å². The summed E-state index contributed by atoms with van der Waals surface area (Å²) in [7, 11) is 0. The lowest BCUT2D eigenvalue weighted by Gasteiger charge is -2.17. The predicted octanol–water partition coefficient (Wildman–Crippen LogP) is 4.12. The maximum atomic E-state index is 12.4. The molecule has 134 valence electrons. The van der Waals surface area contributed by atoms with Crippen LogP contribution >= 0.6 is 15.9 Å². The normalized spacial score (nSPS) is 11.8. The Hall–Kier alpha value is -2.80. The van der Waals surface area contributed by atoms with E-state index >= 15 is 0 Å². The molecule has 3 rings (SSSR count). The number of amides is 2. The molecule has 3 N–H and O–H groups in total. The van der Waals surface area contributed by atoms with Crippen LogP contribution in [0.5, 0.6) is 0 Å². The zero-order valence-corrected chi connectivity index (χ0v) is 16.0. The second-order valence-electron chi connectivity index (χ2n) is 5.96. The fourth-order valence-corrected chi connectivity index (χ4v) is 3.16. The second kappa shape index (κ2) is 7.61. The number of hydrogen-bond acceptors (Lipinski definition) is 2. The van der Waals surface area contributed by atoms with Gasteiger partial charge in [0.25, 0.3) is 0 Å². The van der Waals surface area contributed by atoms with Crippen LogP contribution in [0.4, 0.5) is 10.5 Å². The molecule has 1 atom stereocenters. The highest BCUT2D eigenvalue weighted by Gasteiger charge is 2.14. The van der Waals surface area contributed by atoms with E-state index in [0.29, 0.717) is 11.4 Å². The highest BCUT2D eigenvalue weighted by atomic mass is 79.9. The van der Waals surface area contributed by atoms with E-state index in [2.05, 4.69) is 31.5 Å². The number of carbonyl (C=O) groups excluding carboxylic acids is 1. The van der Waals surface area contributed by atoms with Gasteiger partial charge in [-0.3, -0.25) is 4.57 Å². The van der Waals surface area contributed by atoms with Crippen LogP contribution < -0.4 is 16.3 Å². The van der Waals surface area contributed by atoms with Crippen LogP contribution in [0.1, 0.15) is 24.2 Å².